The number of para-hydroxylation sites is 1. The molecule has 12 heteroatoms. The predicted octanol–water partition coefficient (Wildman–Crippen LogP) is 0.915. The van der Waals surface area contributed by atoms with Crippen LogP contribution in [-0.2, 0) is 52.5 Å². The fourth-order valence-corrected chi connectivity index (χ4v) is 2.83. The Morgan fingerprint density at radius 3 is 1.65 bits per heavy atom. The van der Waals surface area contributed by atoms with Gasteiger partial charge in [-0.2, -0.15) is 0 Å². The molecule has 0 aliphatic carbocycles. The number of ether oxygens (including phenoxy) is 5. The van der Waals surface area contributed by atoms with Crippen LogP contribution in [0, 0.1) is 0 Å². The SMILES string of the molecule is CC(=O)OC[C@@H](OC(C)=O)[C@@H](OC(C)=O)[C@H](OC(C)=O)[C@H](OC(C)=O)C(=O)Nc1ccccc1. The molecule has 0 fully saturated rings. The van der Waals surface area contributed by atoms with E-state index in [4.69, 9.17) is 23.7 Å². The Kier molecular flexibility index (Phi) is 11.2. The van der Waals surface area contributed by atoms with Crippen molar-refractivity contribution in [1.82, 2.24) is 0 Å². The van der Waals surface area contributed by atoms with E-state index in [0.717, 1.165) is 34.6 Å². The minimum absolute atomic E-state index is 0.326. The summed E-state index contributed by atoms with van der Waals surface area (Å²) in [6.07, 6.45) is -6.84. The van der Waals surface area contributed by atoms with Crippen LogP contribution >= 0.6 is 0 Å². The van der Waals surface area contributed by atoms with E-state index in [-0.39, 0.29) is 0 Å². The third kappa shape index (κ3) is 10.1. The average molecular weight is 481 g/mol. The summed E-state index contributed by atoms with van der Waals surface area (Å²) in [7, 11) is 0. The number of nitrogens with one attached hydrogen (secondary N) is 1. The standard InChI is InChI=1S/C22H27NO11/c1-12(24)30-11-18(31-13(2)25)19(32-14(3)26)20(33-15(4)27)21(34-16(5)28)22(29)23-17-9-7-6-8-10-17/h6-10,18-21H,11H2,1-5H3,(H,23,29)/t18-,19-,20+,21+/m1/s1. The van der Waals surface area contributed by atoms with E-state index in [2.05, 4.69) is 5.32 Å². The molecule has 0 aliphatic rings. The molecule has 1 rings (SSSR count). The number of anilines is 1. The Hall–Kier alpha value is -3.96. The maximum absolute atomic E-state index is 13.1. The molecule has 0 unspecified atom stereocenters. The van der Waals surface area contributed by atoms with Crippen LogP contribution in [0.1, 0.15) is 34.6 Å². The molecule has 34 heavy (non-hydrogen) atoms. The summed E-state index contributed by atoms with van der Waals surface area (Å²) in [5, 5.41) is 2.50. The average Bonchev–Trinajstić information content (AvgIpc) is 2.72. The van der Waals surface area contributed by atoms with Gasteiger partial charge in [0, 0.05) is 40.3 Å². The van der Waals surface area contributed by atoms with E-state index < -0.39 is 66.8 Å². The van der Waals surface area contributed by atoms with Crippen LogP contribution < -0.4 is 5.32 Å². The minimum atomic E-state index is -1.85. The van der Waals surface area contributed by atoms with Crippen molar-refractivity contribution in [3.05, 3.63) is 30.3 Å². The zero-order chi connectivity index (χ0) is 25.8. The molecule has 1 N–H and O–H groups in total. The van der Waals surface area contributed by atoms with Crippen molar-refractivity contribution < 1.29 is 52.5 Å². The maximum Gasteiger partial charge on any atom is 0.303 e. The summed E-state index contributed by atoms with van der Waals surface area (Å²) in [5.74, 6) is -5.29. The monoisotopic (exact) mass is 481 g/mol. The van der Waals surface area contributed by atoms with Crippen molar-refractivity contribution in [1.29, 1.82) is 0 Å². The number of carbonyl (C=O) groups is 6. The fourth-order valence-electron chi connectivity index (χ4n) is 2.83. The van der Waals surface area contributed by atoms with E-state index in [0.29, 0.717) is 5.69 Å². The molecule has 0 aromatic heterocycles. The highest BCUT2D eigenvalue weighted by molar-refractivity contribution is 5.96. The number of esters is 5. The summed E-state index contributed by atoms with van der Waals surface area (Å²) in [6.45, 7) is 4.54. The van der Waals surface area contributed by atoms with E-state index in [1.807, 2.05) is 0 Å². The van der Waals surface area contributed by atoms with Crippen LogP contribution in [0.4, 0.5) is 5.69 Å². The Balaban J connectivity index is 3.50. The van der Waals surface area contributed by atoms with Gasteiger partial charge >= 0.3 is 29.8 Å². The summed E-state index contributed by atoms with van der Waals surface area (Å²) in [5.41, 5.74) is 0.326. The van der Waals surface area contributed by atoms with Crippen LogP contribution in [0.15, 0.2) is 30.3 Å². The van der Waals surface area contributed by atoms with E-state index in [9.17, 15) is 28.8 Å². The Bertz CT molecular complexity index is 899. The number of rotatable bonds is 11. The van der Waals surface area contributed by atoms with Gasteiger partial charge in [-0.1, -0.05) is 18.2 Å². The molecular formula is C22H27NO11. The molecule has 0 bridgehead atoms. The molecule has 1 aromatic carbocycles. The van der Waals surface area contributed by atoms with Crippen LogP contribution in [0.3, 0.4) is 0 Å². The zero-order valence-corrected chi connectivity index (χ0v) is 19.4. The summed E-state index contributed by atoms with van der Waals surface area (Å²) in [4.78, 5) is 71.6. The molecule has 186 valence electrons. The highest BCUT2D eigenvalue weighted by Gasteiger charge is 2.47. The molecule has 4 atom stereocenters. The first kappa shape index (κ1) is 28.1. The van der Waals surface area contributed by atoms with Crippen molar-refractivity contribution >= 4 is 41.4 Å². The number of hydrogen-bond acceptors (Lipinski definition) is 11. The van der Waals surface area contributed by atoms with Crippen molar-refractivity contribution in [3.63, 3.8) is 0 Å². The lowest BCUT2D eigenvalue weighted by Crippen LogP contribution is -2.56. The lowest BCUT2D eigenvalue weighted by atomic mass is 10.0. The smallest absolute Gasteiger partial charge is 0.303 e. The molecule has 0 spiro atoms. The molecule has 1 amide bonds. The van der Waals surface area contributed by atoms with Gasteiger partial charge in [0.25, 0.3) is 5.91 Å². The van der Waals surface area contributed by atoms with Crippen LogP contribution in [0.5, 0.6) is 0 Å². The molecule has 0 radical (unpaired) electrons. The van der Waals surface area contributed by atoms with Crippen LogP contribution in [0.25, 0.3) is 0 Å². The van der Waals surface area contributed by atoms with Gasteiger partial charge in [0.05, 0.1) is 0 Å². The van der Waals surface area contributed by atoms with Gasteiger partial charge < -0.3 is 29.0 Å². The van der Waals surface area contributed by atoms with Crippen molar-refractivity contribution in [2.24, 2.45) is 0 Å². The second-order valence-electron chi connectivity index (χ2n) is 6.98. The Labute approximate surface area is 195 Å². The predicted molar refractivity (Wildman–Crippen MR) is 114 cm³/mol. The molecule has 0 heterocycles. The quantitative estimate of drug-likeness (QED) is 0.353. The summed E-state index contributed by atoms with van der Waals surface area (Å²) < 4.78 is 25.6. The first-order valence-corrected chi connectivity index (χ1v) is 10.1. The topological polar surface area (TPSA) is 161 Å². The highest BCUT2D eigenvalue weighted by Crippen LogP contribution is 2.21. The molecule has 1 aromatic rings. The van der Waals surface area contributed by atoms with Gasteiger partial charge in [-0.15, -0.1) is 0 Å². The lowest BCUT2D eigenvalue weighted by Gasteiger charge is -2.34. The Morgan fingerprint density at radius 2 is 1.18 bits per heavy atom. The van der Waals surface area contributed by atoms with Gasteiger partial charge in [-0.3, -0.25) is 28.8 Å². The van der Waals surface area contributed by atoms with Gasteiger partial charge in [0.15, 0.2) is 18.3 Å². The van der Waals surface area contributed by atoms with Gasteiger partial charge in [-0.25, -0.2) is 0 Å². The third-order valence-corrected chi connectivity index (χ3v) is 3.95. The molecule has 0 saturated carbocycles. The zero-order valence-electron chi connectivity index (χ0n) is 19.4. The minimum Gasteiger partial charge on any atom is -0.462 e. The summed E-state index contributed by atoms with van der Waals surface area (Å²) in [6, 6.07) is 8.08. The lowest BCUT2D eigenvalue weighted by molar-refractivity contribution is -0.202. The first-order valence-electron chi connectivity index (χ1n) is 10.1. The second kappa shape index (κ2) is 13.6. The van der Waals surface area contributed by atoms with E-state index in [1.165, 1.54) is 0 Å². The Morgan fingerprint density at radius 1 is 0.676 bits per heavy atom. The molecule has 0 aliphatic heterocycles. The highest BCUT2D eigenvalue weighted by atomic mass is 16.6. The van der Waals surface area contributed by atoms with Crippen LogP contribution in [-0.4, -0.2) is 66.8 Å². The van der Waals surface area contributed by atoms with Crippen LogP contribution in [0.2, 0.25) is 0 Å². The maximum atomic E-state index is 13.1. The summed E-state index contributed by atoms with van der Waals surface area (Å²) >= 11 is 0. The molecule has 0 saturated heterocycles. The van der Waals surface area contributed by atoms with Crippen molar-refractivity contribution in [2.45, 2.75) is 59.0 Å². The fraction of sp³-hybridized carbons (Fsp3) is 0.455. The second-order valence-corrected chi connectivity index (χ2v) is 6.98. The largest absolute Gasteiger partial charge is 0.462 e. The number of benzene rings is 1. The normalized spacial score (nSPS) is 13.8. The van der Waals surface area contributed by atoms with Gasteiger partial charge in [-0.05, 0) is 12.1 Å². The van der Waals surface area contributed by atoms with Crippen molar-refractivity contribution in [2.75, 3.05) is 11.9 Å². The van der Waals surface area contributed by atoms with Crippen molar-refractivity contribution in [3.8, 4) is 0 Å². The number of amides is 1. The first-order chi connectivity index (χ1) is 15.9. The third-order valence-electron chi connectivity index (χ3n) is 3.95. The number of hydrogen-bond donors (Lipinski definition) is 1. The van der Waals surface area contributed by atoms with Gasteiger partial charge in [0.2, 0.25) is 6.10 Å². The van der Waals surface area contributed by atoms with E-state index in [1.54, 1.807) is 30.3 Å². The number of carbonyl (C=O) groups excluding carboxylic acids is 6. The molecular weight excluding hydrogens is 454 g/mol. The molecule has 12 nitrogen and oxygen atoms in total. The van der Waals surface area contributed by atoms with E-state index >= 15 is 0 Å². The van der Waals surface area contributed by atoms with Gasteiger partial charge in [0.1, 0.15) is 6.61 Å².